The zero-order chi connectivity index (χ0) is 36.0. The topological polar surface area (TPSA) is 99.4 Å². The number of fused-ring (bicyclic) bond motifs is 2. The maximum absolute atomic E-state index is 13.9. The van der Waals surface area contributed by atoms with Crippen LogP contribution in [0.4, 0.5) is 0 Å². The highest BCUT2D eigenvalue weighted by atomic mass is 32.2. The van der Waals surface area contributed by atoms with Gasteiger partial charge in [0.05, 0.1) is 27.1 Å². The van der Waals surface area contributed by atoms with Crippen molar-refractivity contribution in [2.24, 2.45) is 8.76 Å². The summed E-state index contributed by atoms with van der Waals surface area (Å²) in [6, 6.07) is 43.4. The Labute approximate surface area is 301 Å². The minimum Gasteiger partial charge on any atom is -0.304 e. The molecule has 2 unspecified atom stereocenters. The molecule has 6 aromatic carbocycles. The lowest BCUT2D eigenvalue weighted by Crippen LogP contribution is -2.30. The van der Waals surface area contributed by atoms with Crippen LogP contribution in [0.2, 0.25) is 0 Å². The van der Waals surface area contributed by atoms with Gasteiger partial charge in [0.1, 0.15) is 0 Å². The van der Waals surface area contributed by atoms with E-state index < -0.39 is 26.0 Å². The van der Waals surface area contributed by atoms with Crippen LogP contribution < -0.4 is 0 Å². The van der Waals surface area contributed by atoms with Gasteiger partial charge in [-0.2, -0.15) is 17.2 Å². The van der Waals surface area contributed by atoms with Gasteiger partial charge >= 0.3 is 0 Å². The average molecular weight is 716 g/mol. The van der Waals surface area contributed by atoms with Crippen LogP contribution in [0.25, 0.3) is 27.1 Å². The summed E-state index contributed by atoms with van der Waals surface area (Å²) >= 11 is 0. The van der Waals surface area contributed by atoms with Gasteiger partial charge in [0.25, 0.3) is 10.0 Å². The van der Waals surface area contributed by atoms with Gasteiger partial charge in [-0.05, 0) is 76.6 Å². The van der Waals surface area contributed by atoms with Crippen LogP contribution in [0.3, 0.4) is 0 Å². The first-order chi connectivity index (χ1) is 24.6. The third kappa shape index (κ3) is 7.87. The molecule has 0 amide bonds. The highest BCUT2D eigenvalue weighted by molar-refractivity contribution is 7.90. The second-order valence-corrected chi connectivity index (χ2v) is 15.4. The molecule has 6 aromatic rings. The van der Waals surface area contributed by atoms with Crippen molar-refractivity contribution in [2.45, 2.75) is 36.5 Å². The first-order valence-electron chi connectivity index (χ1n) is 17.0. The predicted molar refractivity (Wildman–Crippen MR) is 210 cm³/mol. The molecule has 0 saturated carbocycles. The summed E-state index contributed by atoms with van der Waals surface area (Å²) in [5, 5.41) is 3.46. The standard InChI is InChI=1S/C36H26N2O4S2.C6H15N/c39-43(40,31-21-19-25-11-7-9-17-29(25)23-31)37-35-33(27-13-3-1-4-14-27)36(34(35)28-15-5-2-6-16-28)38-44(41,42)32-22-20-26-12-8-10-18-30(26)24-32;1-4-7(5-2)6-3/h1-24,33H,(H,37,39,40);4-6H2,1-3H3/b38-36+;. The van der Waals surface area contributed by atoms with E-state index in [9.17, 15) is 17.2 Å². The largest absolute Gasteiger partial charge is 0.304 e. The Bertz CT molecular complexity index is 2460. The normalized spacial score (nSPS) is 16.4. The molecule has 0 heterocycles. The van der Waals surface area contributed by atoms with Crippen LogP contribution in [0.1, 0.15) is 37.8 Å². The molecule has 51 heavy (non-hydrogen) atoms. The summed E-state index contributed by atoms with van der Waals surface area (Å²) in [4.78, 5) is 2.60. The highest BCUT2D eigenvalue weighted by Crippen LogP contribution is 2.47. The smallest absolute Gasteiger partial charge is 0.282 e. The van der Waals surface area contributed by atoms with Crippen molar-refractivity contribution < 1.29 is 17.2 Å². The molecule has 0 aromatic heterocycles. The molecule has 0 spiro atoms. The molecule has 1 aliphatic carbocycles. The highest BCUT2D eigenvalue weighted by Gasteiger charge is 2.41. The lowest BCUT2D eigenvalue weighted by molar-refractivity contribution is 0.321. The molecule has 2 atom stereocenters. The van der Waals surface area contributed by atoms with Gasteiger partial charge < -0.3 is 4.90 Å². The van der Waals surface area contributed by atoms with E-state index in [-0.39, 0.29) is 15.5 Å². The molecule has 7 nitrogen and oxygen atoms in total. The molecule has 1 N–H and O–H groups in total. The van der Waals surface area contributed by atoms with Crippen LogP contribution in [0.5, 0.6) is 0 Å². The molecule has 9 heteroatoms. The zero-order valence-electron chi connectivity index (χ0n) is 28.9. The van der Waals surface area contributed by atoms with Gasteiger partial charge in [0.15, 0.2) is 10.0 Å². The number of hydrogen-bond donors (Lipinski definition) is 1. The second-order valence-electron chi connectivity index (χ2n) is 12.1. The van der Waals surface area contributed by atoms with Gasteiger partial charge in [0, 0.05) is 5.57 Å². The molecule has 0 radical (unpaired) electrons. The Morgan fingerprint density at radius 3 is 1.59 bits per heavy atom. The summed E-state index contributed by atoms with van der Waals surface area (Å²) in [6.07, 6.45) is 0. The number of benzene rings is 6. The Kier molecular flexibility index (Phi) is 10.9. The van der Waals surface area contributed by atoms with Crippen molar-refractivity contribution in [2.75, 3.05) is 19.6 Å². The van der Waals surface area contributed by atoms with Crippen molar-refractivity contribution in [3.8, 4) is 0 Å². The lowest BCUT2D eigenvalue weighted by atomic mass is 9.73. The third-order valence-corrected chi connectivity index (χ3v) is 11.7. The minimum atomic E-state index is -4.16. The first-order valence-corrected chi connectivity index (χ1v) is 20.0. The summed E-state index contributed by atoms with van der Waals surface area (Å²) in [7, 11) is -8.08. The lowest BCUT2D eigenvalue weighted by Gasteiger charge is -2.33. The number of sulfonamides is 1. The van der Waals surface area contributed by atoms with Gasteiger partial charge in [-0.15, -0.1) is 0 Å². The molecule has 260 valence electrons. The Hall–Kier alpha value is -4.93. The van der Waals surface area contributed by atoms with Gasteiger partial charge in [-0.3, -0.25) is 4.55 Å². The number of rotatable bonds is 9. The van der Waals surface area contributed by atoms with Gasteiger partial charge in [-0.1, -0.05) is 142 Å². The van der Waals surface area contributed by atoms with E-state index in [1.54, 1.807) is 36.4 Å². The summed E-state index contributed by atoms with van der Waals surface area (Å²) in [5.74, 6) is -0.741. The molecule has 1 aliphatic rings. The molecular formula is C42H41N3O4S2. The molecule has 0 fully saturated rings. The zero-order valence-corrected chi connectivity index (χ0v) is 30.5. The van der Waals surface area contributed by atoms with Crippen molar-refractivity contribution in [1.29, 1.82) is 0 Å². The maximum atomic E-state index is 13.9. The van der Waals surface area contributed by atoms with Crippen LogP contribution in [0.15, 0.2) is 170 Å². The second kappa shape index (κ2) is 15.5. The van der Waals surface area contributed by atoms with E-state index in [2.05, 4.69) is 34.4 Å². The molecule has 7 rings (SSSR count). The number of allylic oxidation sites excluding steroid dienone is 2. The molecule has 0 aliphatic heterocycles. The van der Waals surface area contributed by atoms with E-state index >= 15 is 0 Å². The predicted octanol–water partition coefficient (Wildman–Crippen LogP) is 9.68. The fourth-order valence-corrected chi connectivity index (χ4v) is 8.40. The van der Waals surface area contributed by atoms with Gasteiger partial charge in [0.2, 0.25) is 0 Å². The van der Waals surface area contributed by atoms with Crippen molar-refractivity contribution >= 4 is 52.9 Å². The molecular weight excluding hydrogens is 675 g/mol. The van der Waals surface area contributed by atoms with Crippen LogP contribution in [-0.2, 0) is 20.0 Å². The molecule has 0 bridgehead atoms. The van der Waals surface area contributed by atoms with E-state index in [4.69, 9.17) is 0 Å². The fraction of sp³-hybridized carbons (Fsp3) is 0.167. The van der Waals surface area contributed by atoms with E-state index in [0.29, 0.717) is 22.4 Å². The third-order valence-electron chi connectivity index (χ3n) is 9.08. The van der Waals surface area contributed by atoms with Crippen molar-refractivity contribution in [3.05, 3.63) is 162 Å². The van der Waals surface area contributed by atoms with Crippen LogP contribution in [-0.4, -0.2) is 47.4 Å². The van der Waals surface area contributed by atoms with Crippen LogP contribution >= 0.6 is 0 Å². The first kappa shape index (κ1) is 35.9. The number of nitrogens with zero attached hydrogens (tertiary/aromatic N) is 3. The maximum Gasteiger partial charge on any atom is 0.282 e. The van der Waals surface area contributed by atoms with E-state index in [1.807, 2.05) is 109 Å². The summed E-state index contributed by atoms with van der Waals surface area (Å²) in [5.41, 5.74) is 2.36. The Morgan fingerprint density at radius 1 is 0.588 bits per heavy atom. The van der Waals surface area contributed by atoms with Gasteiger partial charge in [-0.25, -0.2) is 4.21 Å². The number of hydrogen-bond acceptors (Lipinski definition) is 5. The Morgan fingerprint density at radius 2 is 1.06 bits per heavy atom. The van der Waals surface area contributed by atoms with E-state index in [0.717, 1.165) is 21.5 Å². The molecule has 0 saturated heterocycles. The minimum absolute atomic E-state index is 0.0652. The average Bonchev–Trinajstić information content (AvgIpc) is 3.15. The fourth-order valence-electron chi connectivity index (χ4n) is 6.23. The van der Waals surface area contributed by atoms with E-state index in [1.165, 1.54) is 19.6 Å². The summed E-state index contributed by atoms with van der Waals surface area (Å²) in [6.45, 7) is 10.1. The Balaban J connectivity index is 0.000000582. The van der Waals surface area contributed by atoms with Crippen molar-refractivity contribution in [1.82, 2.24) is 4.90 Å². The SMILES string of the molecule is CCN(CC)CC.O=S(=O)(/N=C1/C(c2ccccc2)=C(N=S(=O)(O)c2ccc3ccccc3c2)C1c1ccccc1)c1ccc2ccccc2c1. The van der Waals surface area contributed by atoms with Crippen LogP contribution in [0, 0.1) is 0 Å². The quantitative estimate of drug-likeness (QED) is 0.161. The monoisotopic (exact) mass is 715 g/mol. The van der Waals surface area contributed by atoms with Crippen molar-refractivity contribution in [3.63, 3.8) is 0 Å². The summed E-state index contributed by atoms with van der Waals surface area (Å²) < 4.78 is 61.8.